The maximum Gasteiger partial charge on any atom is 0.260 e. The zero-order valence-corrected chi connectivity index (χ0v) is 17.1. The molecule has 0 radical (unpaired) electrons. The molecule has 26 heavy (non-hydrogen) atoms. The lowest BCUT2D eigenvalue weighted by molar-refractivity contribution is -0.127. The molecule has 1 atom stereocenters. The van der Waals surface area contributed by atoms with Gasteiger partial charge in [0.2, 0.25) is 0 Å². The van der Waals surface area contributed by atoms with E-state index in [4.69, 9.17) is 16.3 Å². The van der Waals surface area contributed by atoms with Crippen molar-refractivity contribution in [2.24, 2.45) is 0 Å². The molecule has 0 unspecified atom stereocenters. The van der Waals surface area contributed by atoms with Gasteiger partial charge in [-0.2, -0.15) is 11.8 Å². The van der Waals surface area contributed by atoms with Crippen molar-refractivity contribution in [3.05, 3.63) is 64.7 Å². The highest BCUT2D eigenvalue weighted by Crippen LogP contribution is 2.26. The first-order chi connectivity index (χ1) is 12.5. The van der Waals surface area contributed by atoms with Crippen LogP contribution in [0.4, 0.5) is 0 Å². The first-order valence-electron chi connectivity index (χ1n) is 8.83. The summed E-state index contributed by atoms with van der Waals surface area (Å²) < 4.78 is 5.87. The minimum absolute atomic E-state index is 0.0874. The minimum atomic E-state index is -0.517. The zero-order chi connectivity index (χ0) is 18.9. The molecule has 0 saturated heterocycles. The van der Waals surface area contributed by atoms with Crippen molar-refractivity contribution in [3.63, 3.8) is 0 Å². The zero-order valence-electron chi connectivity index (χ0n) is 15.5. The smallest absolute Gasteiger partial charge is 0.260 e. The second-order valence-corrected chi connectivity index (χ2v) is 7.96. The Labute approximate surface area is 165 Å². The number of halogens is 1. The average molecular weight is 392 g/mol. The summed E-state index contributed by atoms with van der Waals surface area (Å²) in [6, 6.07) is 15.7. The SMILES string of the molecule is CC(C)c1ccccc1O[C@H](C)C(=O)NCCSCc1ccc(Cl)cc1. The number of ether oxygens (including phenoxy) is 1. The molecule has 0 aromatic heterocycles. The number of amides is 1. The van der Waals surface area contributed by atoms with Gasteiger partial charge >= 0.3 is 0 Å². The Morgan fingerprint density at radius 3 is 2.50 bits per heavy atom. The number of thioether (sulfide) groups is 1. The molecule has 2 rings (SSSR count). The molecule has 0 bridgehead atoms. The van der Waals surface area contributed by atoms with E-state index < -0.39 is 6.10 Å². The van der Waals surface area contributed by atoms with E-state index in [2.05, 4.69) is 19.2 Å². The summed E-state index contributed by atoms with van der Waals surface area (Å²) in [4.78, 5) is 12.2. The monoisotopic (exact) mass is 391 g/mol. The predicted octanol–water partition coefficient (Wildman–Crippen LogP) is 5.28. The lowest BCUT2D eigenvalue weighted by Crippen LogP contribution is -2.37. The van der Waals surface area contributed by atoms with Crippen LogP contribution in [0, 0.1) is 0 Å². The molecule has 2 aromatic carbocycles. The first-order valence-corrected chi connectivity index (χ1v) is 10.4. The minimum Gasteiger partial charge on any atom is -0.481 e. The summed E-state index contributed by atoms with van der Waals surface area (Å²) in [5.74, 6) is 2.80. The summed E-state index contributed by atoms with van der Waals surface area (Å²) in [5, 5.41) is 3.69. The number of benzene rings is 2. The highest BCUT2D eigenvalue weighted by atomic mass is 35.5. The van der Waals surface area contributed by atoms with Crippen LogP contribution in [0.5, 0.6) is 5.75 Å². The van der Waals surface area contributed by atoms with Crippen molar-refractivity contribution in [3.8, 4) is 5.75 Å². The topological polar surface area (TPSA) is 38.3 Å². The van der Waals surface area contributed by atoms with E-state index >= 15 is 0 Å². The van der Waals surface area contributed by atoms with Crippen LogP contribution in [-0.4, -0.2) is 24.3 Å². The number of carbonyl (C=O) groups is 1. The van der Waals surface area contributed by atoms with Crippen LogP contribution < -0.4 is 10.1 Å². The summed E-state index contributed by atoms with van der Waals surface area (Å²) in [6.07, 6.45) is -0.517. The molecule has 3 nitrogen and oxygen atoms in total. The van der Waals surface area contributed by atoms with E-state index in [9.17, 15) is 4.79 Å². The van der Waals surface area contributed by atoms with Gasteiger partial charge < -0.3 is 10.1 Å². The molecule has 0 spiro atoms. The van der Waals surface area contributed by atoms with Gasteiger partial charge in [-0.25, -0.2) is 0 Å². The third kappa shape index (κ3) is 6.58. The van der Waals surface area contributed by atoms with E-state index in [0.29, 0.717) is 12.5 Å². The van der Waals surface area contributed by atoms with E-state index in [-0.39, 0.29) is 5.91 Å². The predicted molar refractivity (Wildman–Crippen MR) is 111 cm³/mol. The van der Waals surface area contributed by atoms with Crippen LogP contribution in [0.2, 0.25) is 5.02 Å². The van der Waals surface area contributed by atoms with Gasteiger partial charge in [-0.3, -0.25) is 4.79 Å². The lowest BCUT2D eigenvalue weighted by atomic mass is 10.0. The number of hydrogen-bond acceptors (Lipinski definition) is 3. The van der Waals surface area contributed by atoms with Crippen LogP contribution >= 0.6 is 23.4 Å². The second-order valence-electron chi connectivity index (χ2n) is 6.42. The van der Waals surface area contributed by atoms with Crippen molar-refractivity contribution >= 4 is 29.3 Å². The Morgan fingerprint density at radius 2 is 1.81 bits per heavy atom. The highest BCUT2D eigenvalue weighted by molar-refractivity contribution is 7.98. The number of para-hydroxylation sites is 1. The molecule has 2 aromatic rings. The summed E-state index contributed by atoms with van der Waals surface area (Å²) in [5.41, 5.74) is 2.35. The number of nitrogens with one attached hydrogen (secondary N) is 1. The quantitative estimate of drug-likeness (QED) is 0.591. The molecule has 0 saturated carbocycles. The van der Waals surface area contributed by atoms with Crippen LogP contribution in [-0.2, 0) is 10.5 Å². The van der Waals surface area contributed by atoms with E-state index in [0.717, 1.165) is 27.8 Å². The molecule has 0 fully saturated rings. The largest absolute Gasteiger partial charge is 0.481 e. The Morgan fingerprint density at radius 1 is 1.12 bits per heavy atom. The molecule has 140 valence electrons. The Balaban J connectivity index is 1.71. The molecule has 0 aliphatic heterocycles. The van der Waals surface area contributed by atoms with Crippen LogP contribution in [0.15, 0.2) is 48.5 Å². The Bertz CT molecular complexity index is 703. The van der Waals surface area contributed by atoms with Gasteiger partial charge in [0.15, 0.2) is 6.10 Å². The third-order valence-electron chi connectivity index (χ3n) is 3.94. The standard InChI is InChI=1S/C21H26ClNO2S/c1-15(2)19-6-4-5-7-20(19)25-16(3)21(24)23-12-13-26-14-17-8-10-18(22)11-9-17/h4-11,15-16H,12-14H2,1-3H3,(H,23,24)/t16-/m1/s1. The second kappa shape index (κ2) is 10.5. The molecule has 1 N–H and O–H groups in total. The molecule has 0 aliphatic rings. The van der Waals surface area contributed by atoms with Gasteiger partial charge in [0.05, 0.1) is 0 Å². The molecule has 5 heteroatoms. The fourth-order valence-corrected chi connectivity index (χ4v) is 3.41. The van der Waals surface area contributed by atoms with Gasteiger partial charge in [-0.15, -0.1) is 0 Å². The third-order valence-corrected chi connectivity index (χ3v) is 5.22. The number of rotatable bonds is 9. The van der Waals surface area contributed by atoms with Crippen molar-refractivity contribution in [1.82, 2.24) is 5.32 Å². The fraction of sp³-hybridized carbons (Fsp3) is 0.381. The summed E-state index contributed by atoms with van der Waals surface area (Å²) in [7, 11) is 0. The van der Waals surface area contributed by atoms with Crippen molar-refractivity contribution in [2.75, 3.05) is 12.3 Å². The Hall–Kier alpha value is -1.65. The molecular weight excluding hydrogens is 366 g/mol. The molecule has 1 amide bonds. The van der Waals surface area contributed by atoms with Crippen molar-refractivity contribution in [2.45, 2.75) is 38.5 Å². The van der Waals surface area contributed by atoms with Crippen LogP contribution in [0.1, 0.15) is 37.8 Å². The average Bonchev–Trinajstić information content (AvgIpc) is 2.63. The fourth-order valence-electron chi connectivity index (χ4n) is 2.47. The van der Waals surface area contributed by atoms with Crippen LogP contribution in [0.25, 0.3) is 0 Å². The van der Waals surface area contributed by atoms with E-state index in [1.165, 1.54) is 5.56 Å². The maximum absolute atomic E-state index is 12.2. The Kier molecular flexibility index (Phi) is 8.33. The van der Waals surface area contributed by atoms with Crippen molar-refractivity contribution < 1.29 is 9.53 Å². The summed E-state index contributed by atoms with van der Waals surface area (Å²) >= 11 is 7.66. The van der Waals surface area contributed by atoms with Gasteiger partial charge in [-0.1, -0.05) is 55.8 Å². The van der Waals surface area contributed by atoms with E-state index in [1.807, 2.05) is 48.5 Å². The first kappa shape index (κ1) is 20.7. The number of carbonyl (C=O) groups excluding carboxylic acids is 1. The maximum atomic E-state index is 12.2. The van der Waals surface area contributed by atoms with Crippen molar-refractivity contribution in [1.29, 1.82) is 0 Å². The highest BCUT2D eigenvalue weighted by Gasteiger charge is 2.16. The number of hydrogen-bond donors (Lipinski definition) is 1. The molecular formula is C21H26ClNO2S. The normalized spacial score (nSPS) is 12.0. The van der Waals surface area contributed by atoms with Gasteiger partial charge in [0, 0.05) is 23.1 Å². The molecule has 0 aliphatic carbocycles. The van der Waals surface area contributed by atoms with Gasteiger partial charge in [0.25, 0.3) is 5.91 Å². The van der Waals surface area contributed by atoms with Crippen LogP contribution in [0.3, 0.4) is 0 Å². The van der Waals surface area contributed by atoms with E-state index in [1.54, 1.807) is 18.7 Å². The molecule has 0 heterocycles. The van der Waals surface area contributed by atoms with Gasteiger partial charge in [-0.05, 0) is 42.2 Å². The van der Waals surface area contributed by atoms with Gasteiger partial charge in [0.1, 0.15) is 5.75 Å². The summed E-state index contributed by atoms with van der Waals surface area (Å²) in [6.45, 7) is 6.64. The lowest BCUT2D eigenvalue weighted by Gasteiger charge is -2.18.